The maximum absolute atomic E-state index is 12.4. The number of benzene rings is 1. The third kappa shape index (κ3) is 4.68. The van der Waals surface area contributed by atoms with Gasteiger partial charge in [-0.05, 0) is 37.1 Å². The summed E-state index contributed by atoms with van der Waals surface area (Å²) in [6.45, 7) is 0. The molecule has 0 aliphatic heterocycles. The van der Waals surface area contributed by atoms with Crippen molar-refractivity contribution in [3.05, 3.63) is 24.3 Å². The van der Waals surface area contributed by atoms with Crippen molar-refractivity contribution < 1.29 is 18.3 Å². The van der Waals surface area contributed by atoms with E-state index in [0.717, 1.165) is 43.0 Å². The minimum absolute atomic E-state index is 0.0655. The van der Waals surface area contributed by atoms with Crippen LogP contribution in [0.3, 0.4) is 0 Å². The van der Waals surface area contributed by atoms with Crippen molar-refractivity contribution in [3.63, 3.8) is 0 Å². The number of rotatable bonds is 5. The van der Waals surface area contributed by atoms with Crippen LogP contribution in [0.4, 0.5) is 13.2 Å². The number of thioether (sulfide) groups is 1. The molecule has 1 aromatic carbocycles. The third-order valence-corrected chi connectivity index (χ3v) is 5.29. The predicted octanol–water partition coefficient (Wildman–Crippen LogP) is 5.20. The molecule has 1 N–H and O–H groups in total. The minimum Gasteiger partial charge on any atom is -0.508 e. The molecular formula is C17H20F3N3OS. The highest BCUT2D eigenvalue weighted by molar-refractivity contribution is 7.99. The first-order valence-electron chi connectivity index (χ1n) is 8.38. The van der Waals surface area contributed by atoms with Crippen molar-refractivity contribution in [2.45, 2.75) is 55.9 Å². The standard InChI is InChI=1S/C17H20F3N3OS/c18-17(19,20)10-11-25-16-22-21-15(12-6-8-14(24)9-7-12)23(16)13-4-2-1-3-5-13/h6-9,13,24H,1-5,10-11H2. The van der Waals surface area contributed by atoms with Gasteiger partial charge in [0.2, 0.25) is 0 Å². The molecule has 1 saturated carbocycles. The fourth-order valence-corrected chi connectivity index (χ4v) is 4.10. The highest BCUT2D eigenvalue weighted by Gasteiger charge is 2.28. The quantitative estimate of drug-likeness (QED) is 0.734. The van der Waals surface area contributed by atoms with Crippen LogP contribution in [-0.2, 0) is 0 Å². The van der Waals surface area contributed by atoms with E-state index >= 15 is 0 Å². The monoisotopic (exact) mass is 371 g/mol. The van der Waals surface area contributed by atoms with Gasteiger partial charge in [-0.3, -0.25) is 4.57 Å². The topological polar surface area (TPSA) is 50.9 Å². The first-order valence-corrected chi connectivity index (χ1v) is 9.36. The molecule has 1 aliphatic carbocycles. The molecule has 0 saturated heterocycles. The number of halogens is 3. The SMILES string of the molecule is Oc1ccc(-c2nnc(SCCC(F)(F)F)n2C2CCCCC2)cc1. The van der Waals surface area contributed by atoms with Crippen LogP contribution in [0.15, 0.2) is 29.4 Å². The average molecular weight is 371 g/mol. The predicted molar refractivity (Wildman–Crippen MR) is 90.6 cm³/mol. The summed E-state index contributed by atoms with van der Waals surface area (Å²) in [6, 6.07) is 6.87. The van der Waals surface area contributed by atoms with Gasteiger partial charge >= 0.3 is 6.18 Å². The van der Waals surface area contributed by atoms with Gasteiger partial charge in [-0.15, -0.1) is 10.2 Å². The van der Waals surface area contributed by atoms with Gasteiger partial charge in [0.15, 0.2) is 11.0 Å². The molecule has 0 atom stereocenters. The Bertz CT molecular complexity index is 694. The first kappa shape index (κ1) is 18.1. The van der Waals surface area contributed by atoms with Gasteiger partial charge < -0.3 is 5.11 Å². The Balaban J connectivity index is 1.88. The molecule has 0 amide bonds. The Kier molecular flexibility index (Phi) is 5.56. The lowest BCUT2D eigenvalue weighted by atomic mass is 9.95. The molecule has 1 aromatic heterocycles. The summed E-state index contributed by atoms with van der Waals surface area (Å²) in [5.41, 5.74) is 0.804. The van der Waals surface area contributed by atoms with Gasteiger partial charge in [-0.1, -0.05) is 31.0 Å². The van der Waals surface area contributed by atoms with Gasteiger partial charge in [0.25, 0.3) is 0 Å². The molecule has 1 fully saturated rings. The molecule has 1 heterocycles. The van der Waals surface area contributed by atoms with Gasteiger partial charge in [0.1, 0.15) is 5.75 Å². The summed E-state index contributed by atoms with van der Waals surface area (Å²) < 4.78 is 39.3. The van der Waals surface area contributed by atoms with Crippen molar-refractivity contribution >= 4 is 11.8 Å². The van der Waals surface area contributed by atoms with Crippen molar-refractivity contribution in [1.82, 2.24) is 14.8 Å². The zero-order valence-corrected chi connectivity index (χ0v) is 14.5. The number of alkyl halides is 3. The molecule has 8 heteroatoms. The second-order valence-electron chi connectivity index (χ2n) is 6.23. The van der Waals surface area contributed by atoms with E-state index in [0.29, 0.717) is 11.0 Å². The van der Waals surface area contributed by atoms with Crippen LogP contribution in [-0.4, -0.2) is 31.8 Å². The van der Waals surface area contributed by atoms with Crippen molar-refractivity contribution in [3.8, 4) is 17.1 Å². The molecule has 136 valence electrons. The normalized spacial score (nSPS) is 16.3. The summed E-state index contributed by atoms with van der Waals surface area (Å²) in [4.78, 5) is 0. The molecule has 3 rings (SSSR count). The van der Waals surface area contributed by atoms with Crippen molar-refractivity contribution in [2.24, 2.45) is 0 Å². The van der Waals surface area contributed by atoms with E-state index in [1.165, 1.54) is 6.42 Å². The molecule has 0 bridgehead atoms. The van der Waals surface area contributed by atoms with E-state index in [-0.39, 0.29) is 17.5 Å². The summed E-state index contributed by atoms with van der Waals surface area (Å²) in [5.74, 6) is 0.748. The van der Waals surface area contributed by atoms with Crippen LogP contribution >= 0.6 is 11.8 Å². The summed E-state index contributed by atoms with van der Waals surface area (Å²) in [5, 5.41) is 18.4. The maximum Gasteiger partial charge on any atom is 0.389 e. The molecule has 0 radical (unpaired) electrons. The molecule has 0 spiro atoms. The Morgan fingerprint density at radius 1 is 1.08 bits per heavy atom. The van der Waals surface area contributed by atoms with Crippen LogP contribution < -0.4 is 0 Å². The summed E-state index contributed by atoms with van der Waals surface area (Å²) >= 11 is 1.11. The third-order valence-electron chi connectivity index (χ3n) is 4.35. The smallest absolute Gasteiger partial charge is 0.389 e. The van der Waals surface area contributed by atoms with Crippen molar-refractivity contribution in [1.29, 1.82) is 0 Å². The molecule has 0 unspecified atom stereocenters. The van der Waals surface area contributed by atoms with Crippen LogP contribution in [0.25, 0.3) is 11.4 Å². The number of aromatic nitrogens is 3. The number of phenols is 1. The van der Waals surface area contributed by atoms with E-state index in [4.69, 9.17) is 0 Å². The Morgan fingerprint density at radius 3 is 2.40 bits per heavy atom. The second-order valence-corrected chi connectivity index (χ2v) is 7.29. The van der Waals surface area contributed by atoms with Crippen LogP contribution in [0.1, 0.15) is 44.6 Å². The minimum atomic E-state index is -4.16. The lowest BCUT2D eigenvalue weighted by molar-refractivity contribution is -0.129. The first-order chi connectivity index (χ1) is 11.9. The number of hydrogen-bond donors (Lipinski definition) is 1. The zero-order valence-electron chi connectivity index (χ0n) is 13.7. The van der Waals surface area contributed by atoms with E-state index in [1.807, 2.05) is 4.57 Å². The summed E-state index contributed by atoms with van der Waals surface area (Å²) in [6.07, 6.45) is 0.344. The van der Waals surface area contributed by atoms with Gasteiger partial charge in [0.05, 0.1) is 6.42 Å². The molecule has 2 aromatic rings. The number of phenolic OH excluding ortho intramolecular Hbond substituents is 1. The number of nitrogens with zero attached hydrogens (tertiary/aromatic N) is 3. The largest absolute Gasteiger partial charge is 0.508 e. The average Bonchev–Trinajstić information content (AvgIpc) is 2.99. The van der Waals surface area contributed by atoms with Crippen LogP contribution in [0.5, 0.6) is 5.75 Å². The fourth-order valence-electron chi connectivity index (χ4n) is 3.11. The molecule has 25 heavy (non-hydrogen) atoms. The zero-order chi connectivity index (χ0) is 17.9. The molecule has 4 nitrogen and oxygen atoms in total. The highest BCUT2D eigenvalue weighted by atomic mass is 32.2. The highest BCUT2D eigenvalue weighted by Crippen LogP contribution is 2.36. The molecule has 1 aliphatic rings. The van der Waals surface area contributed by atoms with E-state index in [1.54, 1.807) is 24.3 Å². The van der Waals surface area contributed by atoms with E-state index in [2.05, 4.69) is 10.2 Å². The van der Waals surface area contributed by atoms with Gasteiger partial charge in [-0.2, -0.15) is 13.2 Å². The van der Waals surface area contributed by atoms with Gasteiger partial charge in [-0.25, -0.2) is 0 Å². The lowest BCUT2D eigenvalue weighted by Gasteiger charge is -2.25. The Morgan fingerprint density at radius 2 is 1.76 bits per heavy atom. The Labute approximate surface area is 148 Å². The lowest BCUT2D eigenvalue weighted by Crippen LogP contribution is -2.15. The van der Waals surface area contributed by atoms with Crippen LogP contribution in [0, 0.1) is 0 Å². The van der Waals surface area contributed by atoms with Crippen LogP contribution in [0.2, 0.25) is 0 Å². The summed E-state index contributed by atoms with van der Waals surface area (Å²) in [7, 11) is 0. The number of hydrogen-bond acceptors (Lipinski definition) is 4. The molecular weight excluding hydrogens is 351 g/mol. The maximum atomic E-state index is 12.4. The van der Waals surface area contributed by atoms with E-state index < -0.39 is 12.6 Å². The van der Waals surface area contributed by atoms with E-state index in [9.17, 15) is 18.3 Å². The number of aromatic hydroxyl groups is 1. The van der Waals surface area contributed by atoms with Crippen molar-refractivity contribution in [2.75, 3.05) is 5.75 Å². The Hall–Kier alpha value is -1.70. The fraction of sp³-hybridized carbons (Fsp3) is 0.529. The van der Waals surface area contributed by atoms with Gasteiger partial charge in [0, 0.05) is 17.4 Å². The second kappa shape index (κ2) is 7.68.